The van der Waals surface area contributed by atoms with Gasteiger partial charge in [-0.3, -0.25) is 0 Å². The largest absolute Gasteiger partial charge is 0.444 e. The molecular formula is C8H17NO3. The van der Waals surface area contributed by atoms with Gasteiger partial charge in [0.2, 0.25) is 0 Å². The summed E-state index contributed by atoms with van der Waals surface area (Å²) in [5.74, 6) is 0. The molecule has 0 bridgehead atoms. The lowest BCUT2D eigenvalue weighted by Crippen LogP contribution is -2.35. The maximum absolute atomic E-state index is 11.3. The predicted octanol–water partition coefficient (Wildman–Crippen LogP) is 0.846. The van der Waals surface area contributed by atoms with E-state index in [4.69, 9.17) is 12.6 Å². The third-order valence-electron chi connectivity index (χ3n) is 1.01. The molecule has 4 heteroatoms. The van der Waals surface area contributed by atoms with Crippen LogP contribution in [0.1, 0.15) is 23.5 Å². The van der Waals surface area contributed by atoms with E-state index >= 15 is 0 Å². The van der Waals surface area contributed by atoms with Crippen LogP contribution in [-0.2, 0) is 4.74 Å². The molecule has 0 unspecified atom stereocenters. The Morgan fingerprint density at radius 2 is 2.17 bits per heavy atom. The number of ether oxygens (including phenoxy) is 1. The molecule has 0 aliphatic carbocycles. The van der Waals surface area contributed by atoms with E-state index < -0.39 is 24.8 Å². The van der Waals surface area contributed by atoms with Gasteiger partial charge in [0.25, 0.3) is 0 Å². The normalized spacial score (nSPS) is 14.8. The van der Waals surface area contributed by atoms with Crippen molar-refractivity contribution in [3.05, 3.63) is 0 Å². The maximum Gasteiger partial charge on any atom is 0.410 e. The number of likely N-dealkylation sites (N-methyl/N-ethyl adjacent to an activating group) is 1. The Labute approximate surface area is 75.9 Å². The SMILES string of the molecule is [2H]C([2H])(O)CN(C)C(=O)OC(C)(C)C. The van der Waals surface area contributed by atoms with Crippen molar-refractivity contribution in [1.29, 1.82) is 0 Å². The third kappa shape index (κ3) is 4.96. The van der Waals surface area contributed by atoms with E-state index in [9.17, 15) is 4.79 Å². The van der Waals surface area contributed by atoms with Crippen molar-refractivity contribution in [2.45, 2.75) is 26.4 Å². The van der Waals surface area contributed by atoms with Crippen molar-refractivity contribution in [2.75, 3.05) is 20.2 Å². The molecule has 0 aromatic rings. The molecule has 1 N–H and O–H groups in total. The van der Waals surface area contributed by atoms with E-state index in [0.29, 0.717) is 0 Å². The molecule has 72 valence electrons. The molecule has 0 aromatic heterocycles. The Balaban J connectivity index is 4.15. The highest BCUT2D eigenvalue weighted by atomic mass is 16.6. The molecule has 4 nitrogen and oxygen atoms in total. The van der Waals surface area contributed by atoms with Crippen LogP contribution in [0.4, 0.5) is 4.79 Å². The van der Waals surface area contributed by atoms with E-state index in [0.717, 1.165) is 4.90 Å². The minimum atomic E-state index is -2.40. The number of carbonyl (C=O) groups excluding carboxylic acids is 1. The van der Waals surface area contributed by atoms with Crippen molar-refractivity contribution in [3.63, 3.8) is 0 Å². The minimum Gasteiger partial charge on any atom is -0.444 e. The van der Waals surface area contributed by atoms with Crippen LogP contribution >= 0.6 is 0 Å². The summed E-state index contributed by atoms with van der Waals surface area (Å²) in [6.45, 7) is 2.33. The first kappa shape index (κ1) is 7.86. The predicted molar refractivity (Wildman–Crippen MR) is 45.9 cm³/mol. The van der Waals surface area contributed by atoms with Crippen molar-refractivity contribution < 1.29 is 17.4 Å². The van der Waals surface area contributed by atoms with Gasteiger partial charge in [0.1, 0.15) is 5.60 Å². The second kappa shape index (κ2) is 4.30. The molecule has 0 aliphatic heterocycles. The monoisotopic (exact) mass is 177 g/mol. The van der Waals surface area contributed by atoms with Gasteiger partial charge in [-0.05, 0) is 20.8 Å². The fraction of sp³-hybridized carbons (Fsp3) is 0.875. The molecule has 0 fully saturated rings. The Kier molecular flexibility index (Phi) is 2.82. The zero-order chi connectivity index (χ0) is 11.6. The quantitative estimate of drug-likeness (QED) is 0.680. The summed E-state index contributed by atoms with van der Waals surface area (Å²) in [4.78, 5) is 12.3. The number of carbonyl (C=O) groups is 1. The highest BCUT2D eigenvalue weighted by Crippen LogP contribution is 2.08. The Bertz CT molecular complexity index is 208. The van der Waals surface area contributed by atoms with Gasteiger partial charge in [-0.15, -0.1) is 0 Å². The fourth-order valence-corrected chi connectivity index (χ4v) is 0.510. The molecule has 0 radical (unpaired) electrons. The molecule has 0 heterocycles. The zero-order valence-electron chi connectivity index (χ0n) is 9.92. The first-order chi connectivity index (χ1) is 6.01. The topological polar surface area (TPSA) is 49.8 Å². The van der Waals surface area contributed by atoms with Gasteiger partial charge in [0.15, 0.2) is 0 Å². The minimum absolute atomic E-state index is 0.415. The van der Waals surface area contributed by atoms with Crippen LogP contribution in [0, 0.1) is 0 Å². The summed E-state index contributed by atoms with van der Waals surface area (Å²) in [5, 5.41) is 8.82. The summed E-state index contributed by atoms with van der Waals surface area (Å²) in [7, 11) is 1.36. The number of aliphatic hydroxyl groups is 1. The van der Waals surface area contributed by atoms with Gasteiger partial charge in [-0.1, -0.05) is 0 Å². The molecule has 0 spiro atoms. The van der Waals surface area contributed by atoms with E-state index in [1.54, 1.807) is 20.8 Å². The maximum atomic E-state index is 11.3. The average Bonchev–Trinajstić information content (AvgIpc) is 1.78. The second-order valence-electron chi connectivity index (χ2n) is 3.49. The lowest BCUT2D eigenvalue weighted by molar-refractivity contribution is 0.0272. The van der Waals surface area contributed by atoms with Crippen LogP contribution in [0.3, 0.4) is 0 Å². The van der Waals surface area contributed by atoms with Crippen molar-refractivity contribution in [2.24, 2.45) is 0 Å². The number of amides is 1. The Morgan fingerprint density at radius 1 is 1.67 bits per heavy atom. The smallest absolute Gasteiger partial charge is 0.410 e. The molecule has 1 amide bonds. The van der Waals surface area contributed by atoms with Gasteiger partial charge < -0.3 is 14.7 Å². The first-order valence-corrected chi connectivity index (χ1v) is 3.68. The van der Waals surface area contributed by atoms with E-state index in [1.165, 1.54) is 7.05 Å². The highest BCUT2D eigenvalue weighted by molar-refractivity contribution is 5.67. The molecule has 0 saturated heterocycles. The van der Waals surface area contributed by atoms with Crippen molar-refractivity contribution in [3.8, 4) is 0 Å². The lowest BCUT2D eigenvalue weighted by Gasteiger charge is -2.24. The molecule has 0 atom stereocenters. The van der Waals surface area contributed by atoms with E-state index in [-0.39, 0.29) is 0 Å². The lowest BCUT2D eigenvalue weighted by atomic mass is 10.2. The van der Waals surface area contributed by atoms with Crippen molar-refractivity contribution in [1.82, 2.24) is 4.90 Å². The summed E-state index contributed by atoms with van der Waals surface area (Å²) in [6, 6.07) is 0. The van der Waals surface area contributed by atoms with Crippen LogP contribution in [0.2, 0.25) is 0 Å². The third-order valence-corrected chi connectivity index (χ3v) is 1.01. The van der Waals surface area contributed by atoms with Gasteiger partial charge >= 0.3 is 6.09 Å². The summed E-state index contributed by atoms with van der Waals surface area (Å²) in [6.07, 6.45) is -0.657. The van der Waals surface area contributed by atoms with E-state index in [2.05, 4.69) is 0 Å². The van der Waals surface area contributed by atoms with Gasteiger partial charge in [0.05, 0.1) is 9.30 Å². The van der Waals surface area contributed by atoms with Gasteiger partial charge in [0, 0.05) is 13.6 Å². The number of hydrogen-bond donors (Lipinski definition) is 1. The summed E-state index contributed by atoms with van der Waals surface area (Å²) < 4.78 is 18.7. The molecular weight excluding hydrogens is 158 g/mol. The van der Waals surface area contributed by atoms with Crippen LogP contribution in [0.5, 0.6) is 0 Å². The Hall–Kier alpha value is -0.770. The molecule has 0 saturated carbocycles. The second-order valence-corrected chi connectivity index (χ2v) is 3.49. The standard InChI is InChI=1S/C8H17NO3/c1-8(2,3)12-7(11)9(4)5-6-10/h10H,5-6H2,1-4H3/i6D2. The fourth-order valence-electron chi connectivity index (χ4n) is 0.510. The van der Waals surface area contributed by atoms with Crippen molar-refractivity contribution >= 4 is 6.09 Å². The van der Waals surface area contributed by atoms with Gasteiger partial charge in [-0.25, -0.2) is 4.79 Å². The number of rotatable bonds is 2. The number of hydrogen-bond acceptors (Lipinski definition) is 3. The van der Waals surface area contributed by atoms with Gasteiger partial charge in [-0.2, -0.15) is 0 Å². The number of nitrogens with zero attached hydrogens (tertiary/aromatic N) is 1. The summed E-state index contributed by atoms with van der Waals surface area (Å²) in [5.41, 5.74) is -0.618. The van der Waals surface area contributed by atoms with Crippen LogP contribution in [-0.4, -0.2) is 41.9 Å². The molecule has 0 aromatic carbocycles. The molecule has 12 heavy (non-hydrogen) atoms. The molecule has 0 rings (SSSR count). The average molecular weight is 177 g/mol. The molecule has 0 aliphatic rings. The van der Waals surface area contributed by atoms with Crippen LogP contribution in [0.15, 0.2) is 0 Å². The Morgan fingerprint density at radius 3 is 2.50 bits per heavy atom. The zero-order valence-corrected chi connectivity index (χ0v) is 7.92. The van der Waals surface area contributed by atoms with Crippen LogP contribution < -0.4 is 0 Å². The first-order valence-electron chi connectivity index (χ1n) is 4.68. The highest BCUT2D eigenvalue weighted by Gasteiger charge is 2.18. The summed E-state index contributed by atoms with van der Waals surface area (Å²) >= 11 is 0. The van der Waals surface area contributed by atoms with E-state index in [1.807, 2.05) is 0 Å². The van der Waals surface area contributed by atoms with Crippen LogP contribution in [0.25, 0.3) is 0 Å².